The van der Waals surface area contributed by atoms with Gasteiger partial charge in [0, 0.05) is 104 Å². The van der Waals surface area contributed by atoms with Crippen LogP contribution in [0.2, 0.25) is 20.1 Å². The SMILES string of the molecule is CC[C@@H]1CC[C@@H](C(=O)N(C)C[C@H](C)N(C)C(C)=O)N1C(=O)C1=C(C(C)C)N2C(=N[C@@](C)(c3ccc(Cl)cc3)[C@H]2c2ccc(Cl)cc2)S1.CC[C@@H]1CC[C@@H](C(=O)O)N1C(=O)C1=C(C(C)C)N2C(=N[C@@](C)(c3ccc(Cl)cc3)[C@H]2c2ccc(Cl)cc2)S1.CNC[C@H](C)N(C)C(C)=O. The molecule has 2 fully saturated rings. The maximum absolute atomic E-state index is 14.8. The highest BCUT2D eigenvalue weighted by molar-refractivity contribution is 8.18. The number of amidine groups is 2. The summed E-state index contributed by atoms with van der Waals surface area (Å²) in [6.07, 6.45) is 4.01. The second kappa shape index (κ2) is 31.2. The fourth-order valence-corrected chi connectivity index (χ4v) is 17.2. The van der Waals surface area contributed by atoms with E-state index in [0.29, 0.717) is 55.7 Å². The Morgan fingerprint density at radius 1 is 0.568 bits per heavy atom. The van der Waals surface area contributed by atoms with Gasteiger partial charge in [0.2, 0.25) is 17.7 Å². The third-order valence-electron chi connectivity index (χ3n) is 19.4. The van der Waals surface area contributed by atoms with Crippen molar-refractivity contribution in [2.75, 3.05) is 41.3 Å². The zero-order valence-corrected chi connectivity index (χ0v) is 62.1. The first kappa shape index (κ1) is 74.7. The second-order valence-electron chi connectivity index (χ2n) is 26.5. The van der Waals surface area contributed by atoms with Crippen LogP contribution in [-0.4, -0.2) is 163 Å². The van der Waals surface area contributed by atoms with Gasteiger partial charge in [-0.3, -0.25) is 24.0 Å². The van der Waals surface area contributed by atoms with Crippen molar-refractivity contribution >= 4 is 116 Å². The van der Waals surface area contributed by atoms with Crippen molar-refractivity contribution in [2.24, 2.45) is 21.8 Å². The van der Waals surface area contributed by atoms with Crippen molar-refractivity contribution in [3.05, 3.63) is 161 Å². The lowest BCUT2D eigenvalue weighted by Crippen LogP contribution is -2.52. The van der Waals surface area contributed by atoms with Gasteiger partial charge in [0.1, 0.15) is 33.0 Å². The maximum Gasteiger partial charge on any atom is 0.326 e. The molecule has 0 radical (unpaired) electrons. The molecule has 95 heavy (non-hydrogen) atoms. The molecule has 4 aromatic carbocycles. The minimum Gasteiger partial charge on any atom is -0.480 e. The minimum atomic E-state index is -0.948. The van der Waals surface area contributed by atoms with Crippen LogP contribution >= 0.6 is 69.9 Å². The highest BCUT2D eigenvalue weighted by Gasteiger charge is 2.57. The number of likely N-dealkylation sites (N-methyl/N-ethyl adjacent to an activating group) is 4. The molecule has 6 heterocycles. The minimum absolute atomic E-state index is 0.000935. The van der Waals surface area contributed by atoms with Crippen molar-refractivity contribution in [1.82, 2.24) is 39.6 Å². The molecule has 0 spiro atoms. The van der Waals surface area contributed by atoms with E-state index in [1.54, 1.807) is 40.6 Å². The van der Waals surface area contributed by atoms with E-state index >= 15 is 0 Å². The molecule has 0 saturated carbocycles. The van der Waals surface area contributed by atoms with Crippen LogP contribution in [0.4, 0.5) is 0 Å². The van der Waals surface area contributed by atoms with E-state index in [1.807, 2.05) is 137 Å². The van der Waals surface area contributed by atoms with E-state index in [1.165, 1.54) is 30.4 Å². The number of carboxylic acid groups (broad SMARTS) is 1. The number of nitrogens with one attached hydrogen (secondary N) is 1. The van der Waals surface area contributed by atoms with Gasteiger partial charge in [-0.2, -0.15) is 0 Å². The van der Waals surface area contributed by atoms with Gasteiger partial charge in [-0.05, 0) is 179 Å². The number of benzene rings is 4. The van der Waals surface area contributed by atoms with Crippen LogP contribution in [0.15, 0.2) is 128 Å². The average molecular weight is 1420 g/mol. The molecule has 4 aromatic rings. The van der Waals surface area contributed by atoms with Crippen LogP contribution in [-0.2, 0) is 39.8 Å². The molecule has 512 valence electrons. The summed E-state index contributed by atoms with van der Waals surface area (Å²) in [5.41, 5.74) is 4.55. The summed E-state index contributed by atoms with van der Waals surface area (Å²) in [5, 5.41) is 17.0. The Morgan fingerprint density at radius 2 is 0.916 bits per heavy atom. The number of thioether (sulfide) groups is 2. The molecule has 10 rings (SSSR count). The number of rotatable bonds is 18. The van der Waals surface area contributed by atoms with E-state index in [0.717, 1.165) is 69.8 Å². The number of allylic oxidation sites excluding steroid dienone is 2. The molecule has 6 aliphatic rings. The number of carboxylic acids is 1. The predicted molar refractivity (Wildman–Crippen MR) is 386 cm³/mol. The summed E-state index contributed by atoms with van der Waals surface area (Å²) < 4.78 is 0. The van der Waals surface area contributed by atoms with Gasteiger partial charge < -0.3 is 44.7 Å². The number of hydrogen-bond acceptors (Lipinski definition) is 13. The number of carbonyl (C=O) groups is 6. The van der Waals surface area contributed by atoms with Crippen molar-refractivity contribution in [3.8, 4) is 0 Å². The topological polar surface area (TPSA) is 182 Å². The first-order valence-corrected chi connectivity index (χ1v) is 35.9. The van der Waals surface area contributed by atoms with Crippen LogP contribution < -0.4 is 5.32 Å². The lowest BCUT2D eigenvalue weighted by atomic mass is 9.81. The fourth-order valence-electron chi connectivity index (χ4n) is 13.9. The van der Waals surface area contributed by atoms with Gasteiger partial charge >= 0.3 is 5.97 Å². The number of fused-ring (bicyclic) bond motifs is 2. The molecule has 5 amide bonds. The number of hydrogen-bond donors (Lipinski definition) is 2. The van der Waals surface area contributed by atoms with Crippen LogP contribution in [0.3, 0.4) is 0 Å². The first-order chi connectivity index (χ1) is 44.8. The van der Waals surface area contributed by atoms with Gasteiger partial charge in [0.25, 0.3) is 11.8 Å². The molecule has 23 heteroatoms. The van der Waals surface area contributed by atoms with Gasteiger partial charge in [-0.1, -0.05) is 136 Å². The van der Waals surface area contributed by atoms with E-state index in [-0.39, 0.29) is 77.6 Å². The Kier molecular flexibility index (Phi) is 24.5. The van der Waals surface area contributed by atoms with Gasteiger partial charge in [-0.25, -0.2) is 14.8 Å². The van der Waals surface area contributed by atoms with Crippen LogP contribution in [0.25, 0.3) is 0 Å². The number of nitrogens with zero attached hydrogens (tertiary/aromatic N) is 9. The van der Waals surface area contributed by atoms with Crippen LogP contribution in [0.5, 0.6) is 0 Å². The second-order valence-corrected chi connectivity index (χ2v) is 30.2. The molecule has 6 aliphatic heterocycles. The molecular weight excluding hydrogens is 1320 g/mol. The van der Waals surface area contributed by atoms with Gasteiger partial charge in [0.05, 0.1) is 12.1 Å². The number of halogens is 4. The zero-order valence-electron chi connectivity index (χ0n) is 57.4. The maximum atomic E-state index is 14.8. The largest absolute Gasteiger partial charge is 0.480 e. The van der Waals surface area contributed by atoms with Crippen molar-refractivity contribution in [3.63, 3.8) is 0 Å². The third-order valence-corrected chi connectivity index (χ3v) is 22.6. The van der Waals surface area contributed by atoms with Crippen LogP contribution in [0.1, 0.15) is 156 Å². The first-order valence-electron chi connectivity index (χ1n) is 32.7. The summed E-state index contributed by atoms with van der Waals surface area (Å²) in [4.78, 5) is 102. The van der Waals surface area contributed by atoms with E-state index in [9.17, 15) is 33.9 Å². The quantitative estimate of drug-likeness (QED) is 0.0963. The summed E-state index contributed by atoms with van der Waals surface area (Å²) in [6.45, 7) is 24.9. The molecule has 2 saturated heterocycles. The van der Waals surface area contributed by atoms with Crippen molar-refractivity contribution in [2.45, 2.75) is 181 Å². The summed E-state index contributed by atoms with van der Waals surface area (Å²) >= 11 is 27.8. The number of carbonyl (C=O) groups excluding carboxylic acids is 5. The smallest absolute Gasteiger partial charge is 0.326 e. The van der Waals surface area contributed by atoms with E-state index in [4.69, 9.17) is 56.4 Å². The lowest BCUT2D eigenvalue weighted by Gasteiger charge is -2.37. The van der Waals surface area contributed by atoms with E-state index in [2.05, 4.69) is 63.6 Å². The molecule has 17 nitrogen and oxygen atoms in total. The normalized spacial score (nSPS) is 24.2. The van der Waals surface area contributed by atoms with E-state index < -0.39 is 29.1 Å². The fraction of sp³-hybridized carbons (Fsp3) is 0.500. The van der Waals surface area contributed by atoms with Crippen molar-refractivity contribution < 1.29 is 33.9 Å². The molecular formula is C72H92Cl4N10O7S2. The number of aliphatic carboxylic acids is 1. The van der Waals surface area contributed by atoms with Gasteiger partial charge in [0.15, 0.2) is 10.3 Å². The number of likely N-dealkylation sites (tertiary alicyclic amines) is 2. The molecule has 0 aromatic heterocycles. The Bertz CT molecular complexity index is 3630. The monoisotopic (exact) mass is 1410 g/mol. The number of amides is 5. The Morgan fingerprint density at radius 3 is 1.25 bits per heavy atom. The zero-order chi connectivity index (χ0) is 69.9. The Labute approximate surface area is 590 Å². The molecule has 0 aliphatic carbocycles. The molecule has 0 unspecified atom stereocenters. The van der Waals surface area contributed by atoms with Gasteiger partial charge in [-0.15, -0.1) is 0 Å². The summed E-state index contributed by atoms with van der Waals surface area (Å²) in [7, 11) is 7.19. The predicted octanol–water partition coefficient (Wildman–Crippen LogP) is 14.5. The van der Waals surface area contributed by atoms with Crippen molar-refractivity contribution in [1.29, 1.82) is 0 Å². The average Bonchev–Trinajstić information content (AvgIpc) is 1.57. The standard InChI is InChI=1S/C36H45Cl2N5O3S.C29H31Cl2N3O3S.C7H16N2O/c1-9-28-18-19-29(33(45)40(7)20-22(4)41(8)23(5)44)42(28)34(46)31-30(21(2)3)43-32(24-10-14-26(37)15-11-24)36(6,39-35(43)47-31)25-12-16-27(38)17-13-25;1-5-21-14-15-22(27(36)37)33(21)26(35)24-23(16(2)3)34-25(17-6-10-19(30)11-7-17)29(4,32-28(34)38-24)18-8-12-20(31)13-9-18;1-6(5-8-3)9(4)7(2)10/h10-17,21-22,28-29,32H,9,18-20H2,1-8H3;6-13,16,21-22,25H,5,14-15H2,1-4H3,(H,36,37);6,8H,5H2,1-4H3/t22-,28+,29-,32+,36-;21-,22+,25-,29+;6-/m010/s1. The molecule has 10 atom stereocenters. The summed E-state index contributed by atoms with van der Waals surface area (Å²) in [5.74, 6) is -1.32. The highest BCUT2D eigenvalue weighted by atomic mass is 35.5. The Balaban J connectivity index is 0.000000216. The third kappa shape index (κ3) is 15.5. The Hall–Kier alpha value is -6.06. The number of aliphatic imine (C=N–C) groups is 2. The van der Waals surface area contributed by atoms with Crippen LogP contribution in [0, 0.1) is 11.8 Å². The molecule has 0 bridgehead atoms. The highest BCUT2D eigenvalue weighted by Crippen LogP contribution is 2.59. The summed E-state index contributed by atoms with van der Waals surface area (Å²) in [6, 6.07) is 29.3. The molecule has 2 N–H and O–H groups in total. The lowest BCUT2D eigenvalue weighted by molar-refractivity contribution is -0.148.